The van der Waals surface area contributed by atoms with Gasteiger partial charge in [-0.25, -0.2) is 9.97 Å². The van der Waals surface area contributed by atoms with Crippen molar-refractivity contribution in [2.24, 2.45) is 5.92 Å². The smallest absolute Gasteiger partial charge is 0.261 e. The van der Waals surface area contributed by atoms with Gasteiger partial charge < -0.3 is 10.5 Å². The van der Waals surface area contributed by atoms with E-state index in [0.717, 1.165) is 16.6 Å². The number of aromatic nitrogens is 2. The second-order valence-electron chi connectivity index (χ2n) is 8.03. The maximum atomic E-state index is 12.5. The quantitative estimate of drug-likeness (QED) is 0.356. The fourth-order valence-electron chi connectivity index (χ4n) is 4.05. The van der Waals surface area contributed by atoms with E-state index in [1.165, 1.54) is 27.1 Å². The third kappa shape index (κ3) is 3.50. The van der Waals surface area contributed by atoms with Crippen LogP contribution in [0.4, 0.5) is 5.82 Å². The Labute approximate surface area is 188 Å². The number of nitrogen functional groups attached to an aromatic ring is 1. The van der Waals surface area contributed by atoms with Gasteiger partial charge in [-0.1, -0.05) is 37.7 Å². The van der Waals surface area contributed by atoms with Crippen molar-refractivity contribution >= 4 is 50.9 Å². The van der Waals surface area contributed by atoms with Crippen molar-refractivity contribution < 1.29 is 14.3 Å². The molecule has 2 aliphatic heterocycles. The molecule has 2 aliphatic rings. The Morgan fingerprint density at radius 3 is 2.61 bits per heavy atom. The Balaban J connectivity index is 1.31. The number of anilines is 1. The molecule has 9 heteroatoms. The molecule has 2 amide bonds. The second kappa shape index (κ2) is 7.89. The van der Waals surface area contributed by atoms with Gasteiger partial charge in [-0.05, 0) is 23.6 Å². The summed E-state index contributed by atoms with van der Waals surface area (Å²) in [6.07, 6.45) is 1.01. The van der Waals surface area contributed by atoms with Gasteiger partial charge in [0.15, 0.2) is 5.16 Å². The third-order valence-corrected chi connectivity index (χ3v) is 7.67. The topological polar surface area (TPSA) is 98.4 Å². The number of rotatable bonds is 5. The zero-order valence-electron chi connectivity index (χ0n) is 17.3. The number of fused-ring (bicyclic) bond motifs is 4. The number of nitrogens with two attached hydrogens (primary N) is 1. The van der Waals surface area contributed by atoms with Gasteiger partial charge in [0.25, 0.3) is 11.8 Å². The minimum atomic E-state index is -0.247. The SMILES string of the molecule is CC(C)[C@H]1Cc2c(sc3nc(SCCN4C(=O)c5ccccc5C4=O)nc(N)c23)CO1. The average Bonchev–Trinajstić information content (AvgIpc) is 3.24. The number of hydrogen-bond donors (Lipinski definition) is 1. The van der Waals surface area contributed by atoms with Gasteiger partial charge in [-0.3, -0.25) is 14.5 Å². The van der Waals surface area contributed by atoms with Crippen LogP contribution in [0.1, 0.15) is 45.0 Å². The first-order chi connectivity index (χ1) is 14.9. The number of carbonyl (C=O) groups is 2. The van der Waals surface area contributed by atoms with Crippen LogP contribution in [0.25, 0.3) is 10.2 Å². The van der Waals surface area contributed by atoms with Crippen molar-refractivity contribution in [3.05, 3.63) is 45.8 Å². The molecule has 0 radical (unpaired) electrons. The molecule has 0 bridgehead atoms. The Bertz CT molecular complexity index is 1170. The number of thioether (sulfide) groups is 1. The molecule has 160 valence electrons. The Morgan fingerprint density at radius 2 is 1.94 bits per heavy atom. The highest BCUT2D eigenvalue weighted by Gasteiger charge is 2.34. The minimum absolute atomic E-state index is 0.179. The third-order valence-electron chi connectivity index (χ3n) is 5.74. The molecule has 0 saturated carbocycles. The summed E-state index contributed by atoms with van der Waals surface area (Å²) in [6.45, 7) is 5.20. The van der Waals surface area contributed by atoms with Crippen LogP contribution in [0.2, 0.25) is 0 Å². The van der Waals surface area contributed by atoms with Gasteiger partial charge in [-0.15, -0.1) is 11.3 Å². The molecule has 0 saturated heterocycles. The van der Waals surface area contributed by atoms with Gasteiger partial charge in [-0.2, -0.15) is 0 Å². The molecule has 2 aromatic heterocycles. The molecule has 7 nitrogen and oxygen atoms in total. The average molecular weight is 455 g/mol. The number of carbonyl (C=O) groups excluding carboxylic acids is 2. The van der Waals surface area contributed by atoms with Crippen molar-refractivity contribution in [3.63, 3.8) is 0 Å². The Hall–Kier alpha value is -2.49. The lowest BCUT2D eigenvalue weighted by molar-refractivity contribution is 0.00202. The molecule has 0 spiro atoms. The highest BCUT2D eigenvalue weighted by atomic mass is 32.2. The van der Waals surface area contributed by atoms with Crippen molar-refractivity contribution in [2.75, 3.05) is 18.0 Å². The lowest BCUT2D eigenvalue weighted by Crippen LogP contribution is -2.31. The van der Waals surface area contributed by atoms with E-state index < -0.39 is 0 Å². The highest BCUT2D eigenvalue weighted by molar-refractivity contribution is 7.99. The van der Waals surface area contributed by atoms with Crippen LogP contribution < -0.4 is 5.73 Å². The summed E-state index contributed by atoms with van der Waals surface area (Å²) in [5.74, 6) is 0.919. The van der Waals surface area contributed by atoms with E-state index in [-0.39, 0.29) is 17.9 Å². The van der Waals surface area contributed by atoms with Crippen LogP contribution in [-0.2, 0) is 17.8 Å². The second-order valence-corrected chi connectivity index (χ2v) is 10.2. The van der Waals surface area contributed by atoms with Gasteiger partial charge >= 0.3 is 0 Å². The normalized spacial score (nSPS) is 18.2. The monoisotopic (exact) mass is 454 g/mol. The molecule has 0 aliphatic carbocycles. The van der Waals surface area contributed by atoms with Gasteiger partial charge in [0, 0.05) is 23.6 Å². The van der Waals surface area contributed by atoms with Crippen LogP contribution in [0, 0.1) is 5.92 Å². The maximum absolute atomic E-state index is 12.5. The standard InChI is InChI=1S/C22H22N4O3S2/c1-11(2)15-9-14-16(10-29-15)31-19-17(14)18(23)24-22(25-19)30-8-7-26-20(27)12-5-3-4-6-13(12)21(26)28/h3-6,11,15H,7-10H2,1-2H3,(H2,23,24,25)/t15-/m1/s1. The van der Waals surface area contributed by atoms with Gasteiger partial charge in [0.1, 0.15) is 10.6 Å². The zero-order chi connectivity index (χ0) is 21.7. The Kier molecular flexibility index (Phi) is 5.19. The molecule has 1 atom stereocenters. The largest absolute Gasteiger partial charge is 0.383 e. The lowest BCUT2D eigenvalue weighted by Gasteiger charge is -2.26. The molecular weight excluding hydrogens is 432 g/mol. The number of thiophene rings is 1. The highest BCUT2D eigenvalue weighted by Crippen LogP contribution is 2.39. The molecular formula is C22H22N4O3S2. The number of benzene rings is 1. The molecule has 5 rings (SSSR count). The predicted octanol–water partition coefficient (Wildman–Crippen LogP) is 3.76. The van der Waals surface area contributed by atoms with Crippen molar-refractivity contribution in [3.8, 4) is 0 Å². The number of amides is 2. The van der Waals surface area contributed by atoms with E-state index >= 15 is 0 Å². The van der Waals surface area contributed by atoms with Crippen LogP contribution in [0.15, 0.2) is 29.4 Å². The molecule has 4 heterocycles. The number of ether oxygens (including phenoxy) is 1. The predicted molar refractivity (Wildman–Crippen MR) is 121 cm³/mol. The first kappa shape index (κ1) is 20.4. The summed E-state index contributed by atoms with van der Waals surface area (Å²) >= 11 is 3.00. The number of imide groups is 1. The minimum Gasteiger partial charge on any atom is -0.383 e. The molecule has 0 fully saturated rings. The molecule has 0 unspecified atom stereocenters. The van der Waals surface area contributed by atoms with Crippen LogP contribution in [-0.4, -0.2) is 45.1 Å². The first-order valence-electron chi connectivity index (χ1n) is 10.2. The summed E-state index contributed by atoms with van der Waals surface area (Å²) in [7, 11) is 0. The van der Waals surface area contributed by atoms with Gasteiger partial charge in [0.2, 0.25) is 0 Å². The number of hydrogen-bond acceptors (Lipinski definition) is 8. The first-order valence-corrected chi connectivity index (χ1v) is 12.0. The fraction of sp³-hybridized carbons (Fsp3) is 0.364. The van der Waals surface area contributed by atoms with Crippen LogP contribution >= 0.6 is 23.1 Å². The maximum Gasteiger partial charge on any atom is 0.261 e. The van der Waals surface area contributed by atoms with E-state index in [0.29, 0.717) is 46.9 Å². The van der Waals surface area contributed by atoms with E-state index in [1.807, 2.05) is 0 Å². The zero-order valence-corrected chi connectivity index (χ0v) is 18.9. The van der Waals surface area contributed by atoms with E-state index in [2.05, 4.69) is 18.8 Å². The summed E-state index contributed by atoms with van der Waals surface area (Å²) < 4.78 is 5.98. The molecule has 31 heavy (non-hydrogen) atoms. The van der Waals surface area contributed by atoms with E-state index in [1.54, 1.807) is 35.6 Å². The van der Waals surface area contributed by atoms with E-state index in [9.17, 15) is 9.59 Å². The van der Waals surface area contributed by atoms with E-state index in [4.69, 9.17) is 15.5 Å². The molecule has 3 aromatic rings. The van der Waals surface area contributed by atoms with Crippen LogP contribution in [0.5, 0.6) is 0 Å². The van der Waals surface area contributed by atoms with Crippen LogP contribution in [0.3, 0.4) is 0 Å². The summed E-state index contributed by atoms with van der Waals surface area (Å²) in [6, 6.07) is 6.91. The van der Waals surface area contributed by atoms with Gasteiger partial charge in [0.05, 0.1) is 29.2 Å². The van der Waals surface area contributed by atoms with Crippen molar-refractivity contribution in [1.29, 1.82) is 0 Å². The lowest BCUT2D eigenvalue weighted by atomic mass is 9.96. The fourth-order valence-corrected chi connectivity index (χ4v) is 6.01. The van der Waals surface area contributed by atoms with Crippen molar-refractivity contribution in [1.82, 2.24) is 14.9 Å². The Morgan fingerprint density at radius 1 is 1.23 bits per heavy atom. The molecule has 2 N–H and O–H groups in total. The molecule has 1 aromatic carbocycles. The summed E-state index contributed by atoms with van der Waals surface area (Å²) in [4.78, 5) is 37.5. The number of nitrogens with zero attached hydrogens (tertiary/aromatic N) is 3. The summed E-state index contributed by atoms with van der Waals surface area (Å²) in [5, 5.41) is 1.50. The van der Waals surface area contributed by atoms with Crippen molar-refractivity contribution in [2.45, 2.75) is 38.1 Å². The summed E-state index contributed by atoms with van der Waals surface area (Å²) in [5.41, 5.74) is 8.47.